The van der Waals surface area contributed by atoms with Crippen LogP contribution in [0.25, 0.3) is 0 Å². The van der Waals surface area contributed by atoms with E-state index < -0.39 is 0 Å². The lowest BCUT2D eigenvalue weighted by atomic mass is 10.1. The average molecular weight is 155 g/mol. The van der Waals surface area contributed by atoms with Crippen molar-refractivity contribution in [3.63, 3.8) is 0 Å². The average Bonchev–Trinajstić information content (AvgIpc) is 1.99. The maximum absolute atomic E-state index is 9.31. The van der Waals surface area contributed by atoms with Crippen LogP contribution in [0.4, 0.5) is 0 Å². The molecule has 0 amide bonds. The van der Waals surface area contributed by atoms with Crippen molar-refractivity contribution in [2.75, 3.05) is 6.54 Å². The summed E-state index contributed by atoms with van der Waals surface area (Å²) in [5, 5.41) is 9.31. The molecule has 2 nitrogen and oxygen atoms in total. The first kappa shape index (κ1) is 10.3. The van der Waals surface area contributed by atoms with E-state index in [9.17, 15) is 5.11 Å². The summed E-state index contributed by atoms with van der Waals surface area (Å²) in [6.45, 7) is 6.58. The largest absolute Gasteiger partial charge is 0.391 e. The van der Waals surface area contributed by atoms with Crippen LogP contribution >= 0.6 is 0 Å². The number of hydrogen-bond donors (Lipinski definition) is 1. The van der Waals surface area contributed by atoms with Gasteiger partial charge in [0.2, 0.25) is 0 Å². The molecule has 2 heteroatoms. The van der Waals surface area contributed by atoms with E-state index in [-0.39, 0.29) is 12.1 Å². The van der Waals surface area contributed by atoms with Crippen molar-refractivity contribution in [3.05, 3.63) is 0 Å². The standard InChI is InChI=1S/C9H17NO/c1-5-9(8(4)11)10(6-2)7-3/h2,8-9,11H,5,7H2,1,3-4H3. The Balaban J connectivity index is 4.12. The molecule has 0 aliphatic rings. The number of rotatable bonds is 4. The van der Waals surface area contributed by atoms with Gasteiger partial charge in [0.15, 0.2) is 0 Å². The second kappa shape index (κ2) is 5.03. The van der Waals surface area contributed by atoms with Crippen LogP contribution in [-0.2, 0) is 0 Å². The van der Waals surface area contributed by atoms with Crippen LogP contribution in [0.2, 0.25) is 0 Å². The molecule has 0 aromatic heterocycles. The number of likely N-dealkylation sites (N-methyl/N-ethyl adjacent to an activating group) is 1. The molecular formula is C9H17NO. The van der Waals surface area contributed by atoms with E-state index in [0.29, 0.717) is 0 Å². The molecule has 0 rings (SSSR count). The quantitative estimate of drug-likeness (QED) is 0.484. The molecule has 2 unspecified atom stereocenters. The summed E-state index contributed by atoms with van der Waals surface area (Å²) in [4.78, 5) is 1.82. The second-order valence-corrected chi connectivity index (χ2v) is 2.63. The fraction of sp³-hybridized carbons (Fsp3) is 0.778. The minimum atomic E-state index is -0.351. The van der Waals surface area contributed by atoms with E-state index in [1.165, 1.54) is 0 Å². The zero-order valence-electron chi connectivity index (χ0n) is 7.54. The third-order valence-electron chi connectivity index (χ3n) is 1.88. The molecule has 0 saturated carbocycles. The van der Waals surface area contributed by atoms with Crippen LogP contribution in [0, 0.1) is 12.5 Å². The van der Waals surface area contributed by atoms with Gasteiger partial charge >= 0.3 is 0 Å². The van der Waals surface area contributed by atoms with Gasteiger partial charge in [-0.25, -0.2) is 0 Å². The van der Waals surface area contributed by atoms with Crippen molar-refractivity contribution < 1.29 is 5.11 Å². The fourth-order valence-electron chi connectivity index (χ4n) is 1.24. The van der Waals surface area contributed by atoms with Crippen LogP contribution < -0.4 is 0 Å². The summed E-state index contributed by atoms with van der Waals surface area (Å²) >= 11 is 0. The Labute approximate surface area is 69.2 Å². The van der Waals surface area contributed by atoms with Crippen molar-refractivity contribution in [2.24, 2.45) is 0 Å². The van der Waals surface area contributed by atoms with E-state index in [4.69, 9.17) is 6.42 Å². The highest BCUT2D eigenvalue weighted by molar-refractivity contribution is 4.90. The predicted octanol–water partition coefficient (Wildman–Crippen LogP) is 1.06. The van der Waals surface area contributed by atoms with Gasteiger partial charge < -0.3 is 10.0 Å². The molecule has 0 heterocycles. The van der Waals surface area contributed by atoms with E-state index in [1.54, 1.807) is 6.92 Å². The molecule has 1 N–H and O–H groups in total. The Morgan fingerprint density at radius 2 is 2.09 bits per heavy atom. The zero-order chi connectivity index (χ0) is 8.85. The second-order valence-electron chi connectivity index (χ2n) is 2.63. The molecule has 0 fully saturated rings. The lowest BCUT2D eigenvalue weighted by Gasteiger charge is -2.28. The Morgan fingerprint density at radius 3 is 2.18 bits per heavy atom. The Morgan fingerprint density at radius 1 is 1.55 bits per heavy atom. The highest BCUT2D eigenvalue weighted by Gasteiger charge is 2.16. The van der Waals surface area contributed by atoms with Crippen molar-refractivity contribution in [3.8, 4) is 12.5 Å². The van der Waals surface area contributed by atoms with Crippen molar-refractivity contribution in [1.29, 1.82) is 0 Å². The van der Waals surface area contributed by atoms with Gasteiger partial charge in [0.1, 0.15) is 0 Å². The molecule has 0 saturated heterocycles. The zero-order valence-corrected chi connectivity index (χ0v) is 7.54. The molecule has 0 aliphatic heterocycles. The van der Waals surface area contributed by atoms with Crippen LogP contribution in [0.3, 0.4) is 0 Å². The first-order valence-electron chi connectivity index (χ1n) is 4.08. The summed E-state index contributed by atoms with van der Waals surface area (Å²) in [6, 6.07) is 2.66. The van der Waals surface area contributed by atoms with E-state index in [0.717, 1.165) is 13.0 Å². The Bertz CT molecular complexity index is 137. The summed E-state index contributed by atoms with van der Waals surface area (Å²) in [7, 11) is 0. The van der Waals surface area contributed by atoms with E-state index >= 15 is 0 Å². The number of nitrogens with zero attached hydrogens (tertiary/aromatic N) is 1. The van der Waals surface area contributed by atoms with Gasteiger partial charge in [-0.15, -0.1) is 0 Å². The molecule has 0 spiro atoms. The monoisotopic (exact) mass is 155 g/mol. The highest BCUT2D eigenvalue weighted by Crippen LogP contribution is 2.06. The van der Waals surface area contributed by atoms with Crippen molar-refractivity contribution in [1.82, 2.24) is 4.90 Å². The predicted molar refractivity (Wildman–Crippen MR) is 47.0 cm³/mol. The molecule has 0 radical (unpaired) electrons. The molecule has 64 valence electrons. The number of terminal acetylenes is 1. The molecular weight excluding hydrogens is 138 g/mol. The molecule has 0 bridgehead atoms. The first-order chi connectivity index (χ1) is 5.17. The van der Waals surface area contributed by atoms with Gasteiger partial charge in [0.05, 0.1) is 12.1 Å². The smallest absolute Gasteiger partial charge is 0.0722 e. The van der Waals surface area contributed by atoms with Gasteiger partial charge in [-0.3, -0.25) is 0 Å². The summed E-state index contributed by atoms with van der Waals surface area (Å²) in [5.41, 5.74) is 0. The van der Waals surface area contributed by atoms with Gasteiger partial charge in [-0.2, -0.15) is 0 Å². The van der Waals surface area contributed by atoms with Crippen molar-refractivity contribution >= 4 is 0 Å². The Hall–Kier alpha value is -0.680. The molecule has 0 aromatic carbocycles. The minimum Gasteiger partial charge on any atom is -0.391 e. The summed E-state index contributed by atoms with van der Waals surface area (Å²) in [6.07, 6.45) is 5.80. The number of hydrogen-bond acceptors (Lipinski definition) is 2. The molecule has 0 aliphatic carbocycles. The summed E-state index contributed by atoms with van der Waals surface area (Å²) in [5.74, 6) is 0. The fourth-order valence-corrected chi connectivity index (χ4v) is 1.24. The number of aliphatic hydroxyl groups excluding tert-OH is 1. The van der Waals surface area contributed by atoms with Gasteiger partial charge in [-0.05, 0) is 20.3 Å². The lowest BCUT2D eigenvalue weighted by Crippen LogP contribution is -2.38. The first-order valence-corrected chi connectivity index (χ1v) is 4.08. The van der Waals surface area contributed by atoms with Gasteiger partial charge in [0, 0.05) is 12.6 Å². The van der Waals surface area contributed by atoms with Crippen LogP contribution in [0.5, 0.6) is 0 Å². The highest BCUT2D eigenvalue weighted by atomic mass is 16.3. The maximum Gasteiger partial charge on any atom is 0.0722 e. The molecule has 11 heavy (non-hydrogen) atoms. The maximum atomic E-state index is 9.31. The topological polar surface area (TPSA) is 23.5 Å². The lowest BCUT2D eigenvalue weighted by molar-refractivity contribution is 0.0935. The van der Waals surface area contributed by atoms with Crippen LogP contribution in [-0.4, -0.2) is 28.7 Å². The SMILES string of the molecule is C#CN(CC)C(CC)C(C)O. The van der Waals surface area contributed by atoms with Gasteiger partial charge in [-0.1, -0.05) is 13.3 Å². The minimum absolute atomic E-state index is 0.102. The normalized spacial score (nSPS) is 15.2. The van der Waals surface area contributed by atoms with E-state index in [1.807, 2.05) is 18.7 Å². The van der Waals surface area contributed by atoms with Gasteiger partial charge in [0.25, 0.3) is 0 Å². The Kier molecular flexibility index (Phi) is 4.72. The van der Waals surface area contributed by atoms with E-state index in [2.05, 4.69) is 6.04 Å². The molecule has 0 aromatic rings. The summed E-state index contributed by atoms with van der Waals surface area (Å²) < 4.78 is 0. The van der Waals surface area contributed by atoms with Crippen molar-refractivity contribution in [2.45, 2.75) is 39.3 Å². The van der Waals surface area contributed by atoms with Crippen LogP contribution in [0.1, 0.15) is 27.2 Å². The third-order valence-corrected chi connectivity index (χ3v) is 1.88. The molecule has 2 atom stereocenters. The van der Waals surface area contributed by atoms with Crippen LogP contribution in [0.15, 0.2) is 0 Å². The third kappa shape index (κ3) is 2.81. The number of aliphatic hydroxyl groups is 1.